The molecule has 5 heteroatoms. The summed E-state index contributed by atoms with van der Waals surface area (Å²) in [7, 11) is 0. The highest BCUT2D eigenvalue weighted by Gasteiger charge is 2.23. The summed E-state index contributed by atoms with van der Waals surface area (Å²) in [5.41, 5.74) is 1.41. The molecular formula is C14H17N3O2. The average Bonchev–Trinajstić information content (AvgIpc) is 2.82. The van der Waals surface area contributed by atoms with Crippen molar-refractivity contribution in [1.82, 2.24) is 14.7 Å². The third-order valence-electron chi connectivity index (χ3n) is 3.55. The Balaban J connectivity index is 1.80. The zero-order valence-corrected chi connectivity index (χ0v) is 10.9. The lowest BCUT2D eigenvalue weighted by molar-refractivity contribution is 0.113. The Morgan fingerprint density at radius 3 is 3.21 bits per heavy atom. The first-order valence-corrected chi connectivity index (χ1v) is 6.56. The minimum absolute atomic E-state index is 0.0434. The molecule has 2 atom stereocenters. The van der Waals surface area contributed by atoms with E-state index in [1.54, 1.807) is 16.7 Å². The van der Waals surface area contributed by atoms with Gasteiger partial charge in [-0.15, -0.1) is 0 Å². The van der Waals surface area contributed by atoms with Gasteiger partial charge in [-0.05, 0) is 25.5 Å². The Hall–Kier alpha value is -1.72. The summed E-state index contributed by atoms with van der Waals surface area (Å²) < 4.78 is 7.05. The van der Waals surface area contributed by atoms with Gasteiger partial charge in [0.05, 0.1) is 11.8 Å². The highest BCUT2D eigenvalue weighted by Crippen LogP contribution is 2.12. The quantitative estimate of drug-likeness (QED) is 0.892. The van der Waals surface area contributed by atoms with Crippen LogP contribution in [0, 0.1) is 0 Å². The van der Waals surface area contributed by atoms with Gasteiger partial charge in [-0.2, -0.15) is 0 Å². The maximum Gasteiger partial charge on any atom is 0.258 e. The molecule has 100 valence electrons. The lowest BCUT2D eigenvalue weighted by Crippen LogP contribution is -2.34. The molecule has 2 aromatic heterocycles. The van der Waals surface area contributed by atoms with Crippen LogP contribution in [0.25, 0.3) is 5.65 Å². The summed E-state index contributed by atoms with van der Waals surface area (Å²) in [6, 6.07) is 7.47. The maximum atomic E-state index is 11.9. The lowest BCUT2D eigenvalue weighted by atomic mass is 10.1. The van der Waals surface area contributed by atoms with Crippen LogP contribution in [0.2, 0.25) is 0 Å². The largest absolute Gasteiger partial charge is 0.377 e. The summed E-state index contributed by atoms with van der Waals surface area (Å²) in [5.74, 6) is 0. The molecule has 0 saturated carbocycles. The molecule has 0 aromatic carbocycles. The fourth-order valence-corrected chi connectivity index (χ4v) is 2.43. The van der Waals surface area contributed by atoms with Crippen molar-refractivity contribution in [3.8, 4) is 0 Å². The number of hydrogen-bond donors (Lipinski definition) is 1. The van der Waals surface area contributed by atoms with Crippen LogP contribution in [0.4, 0.5) is 0 Å². The van der Waals surface area contributed by atoms with Crippen molar-refractivity contribution in [2.75, 3.05) is 6.61 Å². The summed E-state index contributed by atoms with van der Waals surface area (Å²) in [6.07, 6.45) is 2.96. The van der Waals surface area contributed by atoms with E-state index in [0.29, 0.717) is 18.2 Å². The SMILES string of the molecule is CC1OCCC1NCc1cc(=O)n2ccccc2n1. The van der Waals surface area contributed by atoms with E-state index in [9.17, 15) is 4.79 Å². The van der Waals surface area contributed by atoms with Gasteiger partial charge < -0.3 is 10.1 Å². The molecule has 2 unspecified atom stereocenters. The van der Waals surface area contributed by atoms with E-state index in [-0.39, 0.29) is 11.7 Å². The summed E-state index contributed by atoms with van der Waals surface area (Å²) in [4.78, 5) is 16.4. The first kappa shape index (κ1) is 12.3. The minimum Gasteiger partial charge on any atom is -0.377 e. The highest BCUT2D eigenvalue weighted by atomic mass is 16.5. The number of aromatic nitrogens is 2. The summed E-state index contributed by atoms with van der Waals surface area (Å²) in [6.45, 7) is 3.46. The number of pyridine rings is 1. The van der Waals surface area contributed by atoms with Crippen LogP contribution in [-0.4, -0.2) is 28.1 Å². The van der Waals surface area contributed by atoms with Gasteiger partial charge >= 0.3 is 0 Å². The van der Waals surface area contributed by atoms with Gasteiger partial charge in [0, 0.05) is 31.5 Å². The number of fused-ring (bicyclic) bond motifs is 1. The molecular weight excluding hydrogens is 242 g/mol. The average molecular weight is 259 g/mol. The van der Waals surface area contributed by atoms with Crippen LogP contribution in [0.3, 0.4) is 0 Å². The topological polar surface area (TPSA) is 55.6 Å². The molecule has 1 fully saturated rings. The third kappa shape index (κ3) is 2.52. The highest BCUT2D eigenvalue weighted by molar-refractivity contribution is 5.37. The lowest BCUT2D eigenvalue weighted by Gasteiger charge is -2.15. The molecule has 0 radical (unpaired) electrons. The van der Waals surface area contributed by atoms with Crippen molar-refractivity contribution >= 4 is 5.65 Å². The standard InChI is InChI=1S/C14H17N3O2/c1-10-12(5-7-19-10)15-9-11-8-14(18)17-6-3-2-4-13(17)16-11/h2-4,6,8,10,12,15H,5,7,9H2,1H3. The molecule has 19 heavy (non-hydrogen) atoms. The van der Waals surface area contributed by atoms with Crippen LogP contribution in [-0.2, 0) is 11.3 Å². The number of nitrogens with one attached hydrogen (secondary N) is 1. The Labute approximate surface area is 111 Å². The fourth-order valence-electron chi connectivity index (χ4n) is 2.43. The fraction of sp³-hybridized carbons (Fsp3) is 0.429. The Morgan fingerprint density at radius 1 is 1.53 bits per heavy atom. The summed E-state index contributed by atoms with van der Waals surface area (Å²) in [5, 5.41) is 3.40. The zero-order chi connectivity index (χ0) is 13.2. The Bertz CT molecular complexity index is 638. The van der Waals surface area contributed by atoms with Crippen molar-refractivity contribution in [1.29, 1.82) is 0 Å². The first-order chi connectivity index (χ1) is 9.24. The van der Waals surface area contributed by atoms with Gasteiger partial charge in [0.2, 0.25) is 0 Å². The monoisotopic (exact) mass is 259 g/mol. The van der Waals surface area contributed by atoms with E-state index in [1.165, 1.54) is 0 Å². The number of ether oxygens (including phenoxy) is 1. The van der Waals surface area contributed by atoms with Gasteiger partial charge in [0.25, 0.3) is 5.56 Å². The van der Waals surface area contributed by atoms with Crippen LogP contribution >= 0.6 is 0 Å². The maximum absolute atomic E-state index is 11.9. The van der Waals surface area contributed by atoms with Crippen LogP contribution < -0.4 is 10.9 Å². The van der Waals surface area contributed by atoms with Crippen LogP contribution in [0.5, 0.6) is 0 Å². The summed E-state index contributed by atoms with van der Waals surface area (Å²) >= 11 is 0. The van der Waals surface area contributed by atoms with E-state index in [4.69, 9.17) is 4.74 Å². The van der Waals surface area contributed by atoms with Crippen molar-refractivity contribution in [3.05, 3.63) is 46.5 Å². The molecule has 1 aliphatic heterocycles. The first-order valence-electron chi connectivity index (χ1n) is 6.56. The van der Waals surface area contributed by atoms with E-state index in [0.717, 1.165) is 18.7 Å². The molecule has 0 spiro atoms. The van der Waals surface area contributed by atoms with Gasteiger partial charge in [0.15, 0.2) is 0 Å². The molecule has 0 amide bonds. The van der Waals surface area contributed by atoms with Gasteiger partial charge in [0.1, 0.15) is 5.65 Å². The molecule has 1 N–H and O–H groups in total. The predicted molar refractivity (Wildman–Crippen MR) is 72.1 cm³/mol. The van der Waals surface area contributed by atoms with E-state index < -0.39 is 0 Å². The van der Waals surface area contributed by atoms with Crippen molar-refractivity contribution in [2.24, 2.45) is 0 Å². The van der Waals surface area contributed by atoms with Gasteiger partial charge in [-0.3, -0.25) is 9.20 Å². The zero-order valence-electron chi connectivity index (χ0n) is 10.9. The minimum atomic E-state index is -0.0434. The van der Waals surface area contributed by atoms with E-state index in [1.807, 2.05) is 18.2 Å². The molecule has 1 aliphatic rings. The number of rotatable bonds is 3. The molecule has 3 heterocycles. The smallest absolute Gasteiger partial charge is 0.258 e. The normalized spacial score (nSPS) is 23.0. The third-order valence-corrected chi connectivity index (χ3v) is 3.55. The van der Waals surface area contributed by atoms with Gasteiger partial charge in [-0.1, -0.05) is 6.07 Å². The van der Waals surface area contributed by atoms with Crippen molar-refractivity contribution in [2.45, 2.75) is 32.0 Å². The van der Waals surface area contributed by atoms with Crippen LogP contribution in [0.15, 0.2) is 35.3 Å². The number of hydrogen-bond acceptors (Lipinski definition) is 4. The number of nitrogens with zero attached hydrogens (tertiary/aromatic N) is 2. The molecule has 0 aliphatic carbocycles. The second-order valence-corrected chi connectivity index (χ2v) is 4.87. The molecule has 5 nitrogen and oxygen atoms in total. The van der Waals surface area contributed by atoms with Crippen molar-refractivity contribution in [3.63, 3.8) is 0 Å². The van der Waals surface area contributed by atoms with Crippen LogP contribution in [0.1, 0.15) is 19.0 Å². The Morgan fingerprint density at radius 2 is 2.42 bits per heavy atom. The van der Waals surface area contributed by atoms with Crippen molar-refractivity contribution < 1.29 is 4.74 Å². The Kier molecular flexibility index (Phi) is 3.31. The van der Waals surface area contributed by atoms with Gasteiger partial charge in [-0.25, -0.2) is 4.98 Å². The van der Waals surface area contributed by atoms with E-state index >= 15 is 0 Å². The second-order valence-electron chi connectivity index (χ2n) is 4.87. The molecule has 1 saturated heterocycles. The van der Waals surface area contributed by atoms with E-state index in [2.05, 4.69) is 17.2 Å². The predicted octanol–water partition coefficient (Wildman–Crippen LogP) is 0.961. The molecule has 0 bridgehead atoms. The second kappa shape index (κ2) is 5.11. The molecule has 3 rings (SSSR count). The molecule has 2 aromatic rings.